The van der Waals surface area contributed by atoms with E-state index in [1.165, 1.54) is 0 Å². The van der Waals surface area contributed by atoms with Crippen LogP contribution in [0.5, 0.6) is 0 Å². The standard InChI is InChI=1S/C11H8O2.K/c12-11(13)10-6-5-8-3-1-2-4-9(8)7-10;/h1-7H,(H,12,13);/q;+1/p-1. The molecule has 0 amide bonds. The summed E-state index contributed by atoms with van der Waals surface area (Å²) >= 11 is 0. The predicted molar refractivity (Wildman–Crippen MR) is 48.3 cm³/mol. The first kappa shape index (κ1) is 11.9. The SMILES string of the molecule is O=C([O-])c1ccc2ccccc2c1.[K+]. The van der Waals surface area contributed by atoms with Crippen molar-refractivity contribution in [3.63, 3.8) is 0 Å². The van der Waals surface area contributed by atoms with Crippen LogP contribution in [0.25, 0.3) is 10.8 Å². The van der Waals surface area contributed by atoms with Crippen molar-refractivity contribution in [2.24, 2.45) is 0 Å². The molecule has 2 nitrogen and oxygen atoms in total. The summed E-state index contributed by atoms with van der Waals surface area (Å²) in [6, 6.07) is 12.6. The molecule has 0 bridgehead atoms. The molecular weight excluding hydrogens is 203 g/mol. The van der Waals surface area contributed by atoms with Crippen molar-refractivity contribution in [3.8, 4) is 0 Å². The zero-order chi connectivity index (χ0) is 9.26. The Labute approximate surface area is 124 Å². The largest absolute Gasteiger partial charge is 1.00 e. The van der Waals surface area contributed by atoms with E-state index in [-0.39, 0.29) is 56.9 Å². The minimum Gasteiger partial charge on any atom is -0.545 e. The normalized spacial score (nSPS) is 9.43. The summed E-state index contributed by atoms with van der Waals surface area (Å²) in [5, 5.41) is 12.5. The van der Waals surface area contributed by atoms with Crippen LogP contribution in [-0.2, 0) is 0 Å². The molecule has 0 aliphatic carbocycles. The van der Waals surface area contributed by atoms with Gasteiger partial charge in [0.1, 0.15) is 0 Å². The van der Waals surface area contributed by atoms with Crippen LogP contribution in [0.3, 0.4) is 0 Å². The number of hydrogen-bond donors (Lipinski definition) is 0. The number of carboxylic acids is 1. The Hall–Kier alpha value is -0.194. The number of benzene rings is 2. The fourth-order valence-corrected chi connectivity index (χ4v) is 1.32. The van der Waals surface area contributed by atoms with Gasteiger partial charge in [-0.2, -0.15) is 0 Å². The molecule has 0 fully saturated rings. The number of hydrogen-bond acceptors (Lipinski definition) is 2. The number of carboxylic acid groups (broad SMARTS) is 1. The summed E-state index contributed by atoms with van der Waals surface area (Å²) < 4.78 is 0. The predicted octanol–water partition coefficient (Wildman–Crippen LogP) is -1.79. The molecule has 0 saturated heterocycles. The number of aromatic carboxylic acids is 1. The van der Waals surface area contributed by atoms with Crippen molar-refractivity contribution in [3.05, 3.63) is 48.0 Å². The van der Waals surface area contributed by atoms with E-state index in [0.29, 0.717) is 0 Å². The monoisotopic (exact) mass is 210 g/mol. The Kier molecular flexibility index (Phi) is 4.28. The molecule has 0 heterocycles. The third-order valence-electron chi connectivity index (χ3n) is 1.99. The minimum absolute atomic E-state index is 0. The second kappa shape index (κ2) is 5.05. The van der Waals surface area contributed by atoms with Gasteiger partial charge in [-0.15, -0.1) is 0 Å². The molecule has 0 radical (unpaired) electrons. The molecule has 0 saturated carbocycles. The van der Waals surface area contributed by atoms with Gasteiger partial charge in [-0.3, -0.25) is 0 Å². The number of carbonyl (C=O) groups is 1. The van der Waals surface area contributed by atoms with Crippen molar-refractivity contribution >= 4 is 16.7 Å². The molecule has 2 rings (SSSR count). The molecule has 0 aliphatic rings. The van der Waals surface area contributed by atoms with Crippen LogP contribution in [0.1, 0.15) is 10.4 Å². The van der Waals surface area contributed by atoms with Gasteiger partial charge in [-0.25, -0.2) is 0 Å². The molecule has 0 unspecified atom stereocenters. The molecule has 0 aliphatic heterocycles. The van der Waals surface area contributed by atoms with Crippen molar-refractivity contribution in [1.29, 1.82) is 0 Å². The Bertz CT molecular complexity index is 466. The first-order valence-corrected chi connectivity index (χ1v) is 3.97. The summed E-state index contributed by atoms with van der Waals surface area (Å²) in [5.41, 5.74) is 0.221. The minimum atomic E-state index is -1.13. The molecule has 0 N–H and O–H groups in total. The third kappa shape index (κ3) is 2.43. The van der Waals surface area contributed by atoms with Crippen LogP contribution in [0.2, 0.25) is 0 Å². The topological polar surface area (TPSA) is 40.1 Å². The fourth-order valence-electron chi connectivity index (χ4n) is 1.32. The summed E-state index contributed by atoms with van der Waals surface area (Å²) in [6.45, 7) is 0. The van der Waals surface area contributed by atoms with E-state index >= 15 is 0 Å². The van der Waals surface area contributed by atoms with E-state index in [9.17, 15) is 9.90 Å². The average Bonchev–Trinajstić information content (AvgIpc) is 2.17. The van der Waals surface area contributed by atoms with Crippen molar-refractivity contribution < 1.29 is 61.3 Å². The molecule has 64 valence electrons. The summed E-state index contributed by atoms with van der Waals surface area (Å²) in [6.07, 6.45) is 0. The molecule has 2 aromatic rings. The second-order valence-corrected chi connectivity index (χ2v) is 2.85. The number of carbonyl (C=O) groups excluding carboxylic acids is 1. The van der Waals surface area contributed by atoms with Crippen LogP contribution < -0.4 is 56.5 Å². The van der Waals surface area contributed by atoms with Gasteiger partial charge in [0.05, 0.1) is 5.97 Å². The Morgan fingerprint density at radius 3 is 2.29 bits per heavy atom. The van der Waals surface area contributed by atoms with Gasteiger partial charge in [-0.05, 0) is 22.4 Å². The molecule has 0 aromatic heterocycles. The van der Waals surface area contributed by atoms with Crippen LogP contribution >= 0.6 is 0 Å². The van der Waals surface area contributed by atoms with Gasteiger partial charge < -0.3 is 9.90 Å². The van der Waals surface area contributed by atoms with Crippen molar-refractivity contribution in [2.45, 2.75) is 0 Å². The van der Waals surface area contributed by atoms with Gasteiger partial charge in [0.2, 0.25) is 0 Å². The smallest absolute Gasteiger partial charge is 0.545 e. The average molecular weight is 210 g/mol. The Morgan fingerprint density at radius 1 is 1.00 bits per heavy atom. The summed E-state index contributed by atoms with van der Waals surface area (Å²) in [7, 11) is 0. The quantitative estimate of drug-likeness (QED) is 0.521. The number of rotatable bonds is 1. The summed E-state index contributed by atoms with van der Waals surface area (Å²) in [5.74, 6) is -1.13. The van der Waals surface area contributed by atoms with Gasteiger partial charge >= 0.3 is 51.4 Å². The zero-order valence-electron chi connectivity index (χ0n) is 7.86. The zero-order valence-corrected chi connectivity index (χ0v) is 11.0. The van der Waals surface area contributed by atoms with Crippen LogP contribution in [0.4, 0.5) is 0 Å². The van der Waals surface area contributed by atoms with E-state index in [2.05, 4.69) is 0 Å². The Morgan fingerprint density at radius 2 is 1.64 bits per heavy atom. The molecular formula is C11H7KO2. The van der Waals surface area contributed by atoms with Crippen molar-refractivity contribution in [2.75, 3.05) is 0 Å². The molecule has 0 atom stereocenters. The van der Waals surface area contributed by atoms with Crippen molar-refractivity contribution in [1.82, 2.24) is 0 Å². The van der Waals surface area contributed by atoms with E-state index < -0.39 is 5.97 Å². The Balaban J connectivity index is 0.000000980. The molecule has 0 spiro atoms. The van der Waals surface area contributed by atoms with Gasteiger partial charge in [-0.1, -0.05) is 36.4 Å². The van der Waals surface area contributed by atoms with E-state index in [1.54, 1.807) is 18.2 Å². The van der Waals surface area contributed by atoms with Crippen LogP contribution in [-0.4, -0.2) is 5.97 Å². The van der Waals surface area contributed by atoms with Gasteiger partial charge in [0, 0.05) is 0 Å². The van der Waals surface area contributed by atoms with Crippen LogP contribution in [0.15, 0.2) is 42.5 Å². The molecule has 2 aromatic carbocycles. The van der Waals surface area contributed by atoms with E-state index in [1.807, 2.05) is 24.3 Å². The number of fused-ring (bicyclic) bond motifs is 1. The second-order valence-electron chi connectivity index (χ2n) is 2.85. The third-order valence-corrected chi connectivity index (χ3v) is 1.99. The maximum Gasteiger partial charge on any atom is 1.00 e. The van der Waals surface area contributed by atoms with E-state index in [4.69, 9.17) is 0 Å². The maximum atomic E-state index is 10.5. The molecule has 14 heavy (non-hydrogen) atoms. The first-order valence-electron chi connectivity index (χ1n) is 3.97. The van der Waals surface area contributed by atoms with Gasteiger partial charge in [0.25, 0.3) is 0 Å². The van der Waals surface area contributed by atoms with E-state index in [0.717, 1.165) is 10.8 Å². The first-order chi connectivity index (χ1) is 6.27. The fraction of sp³-hybridized carbons (Fsp3) is 0. The molecule has 3 heteroatoms. The van der Waals surface area contributed by atoms with Gasteiger partial charge in [0.15, 0.2) is 0 Å². The van der Waals surface area contributed by atoms with Crippen LogP contribution in [0, 0.1) is 0 Å². The summed E-state index contributed by atoms with van der Waals surface area (Å²) in [4.78, 5) is 10.5. The maximum absolute atomic E-state index is 10.5.